The molecule has 0 heterocycles. The first-order valence-corrected chi connectivity index (χ1v) is 16.6. The van der Waals surface area contributed by atoms with E-state index >= 15 is 0 Å². The van der Waals surface area contributed by atoms with Crippen LogP contribution in [-0.2, 0) is 32.6 Å². The molecule has 1 atom stereocenters. The lowest BCUT2D eigenvalue weighted by atomic mass is 10.0. The number of ether oxygens (including phenoxy) is 2. The van der Waals surface area contributed by atoms with Crippen molar-refractivity contribution >= 4 is 43.5 Å². The van der Waals surface area contributed by atoms with Crippen molar-refractivity contribution in [3.8, 4) is 11.5 Å². The number of hydrogen-bond acceptors (Lipinski definition) is 6. The maximum Gasteiger partial charge on any atom is 0.264 e. The summed E-state index contributed by atoms with van der Waals surface area (Å²) in [6.45, 7) is 1.61. The minimum atomic E-state index is -4.29. The van der Waals surface area contributed by atoms with Gasteiger partial charge in [0.05, 0.1) is 24.8 Å². The molecule has 4 aromatic rings. The molecule has 4 rings (SSSR count). The zero-order chi connectivity index (χ0) is 32.4. The van der Waals surface area contributed by atoms with Gasteiger partial charge in [0.1, 0.15) is 24.1 Å². The Kier molecular flexibility index (Phi) is 11.6. The molecule has 0 radical (unpaired) electrons. The molecular weight excluding hydrogens is 658 g/mol. The zero-order valence-electron chi connectivity index (χ0n) is 25.4. The van der Waals surface area contributed by atoms with Gasteiger partial charge in [0.2, 0.25) is 11.8 Å². The number of rotatable bonds is 14. The number of hydrogen-bond donors (Lipinski definition) is 1. The van der Waals surface area contributed by atoms with Gasteiger partial charge in [0.25, 0.3) is 10.0 Å². The highest BCUT2D eigenvalue weighted by Gasteiger charge is 2.35. The summed E-state index contributed by atoms with van der Waals surface area (Å²) in [7, 11) is -1.41. The Labute approximate surface area is 273 Å². The highest BCUT2D eigenvalue weighted by molar-refractivity contribution is 9.10. The number of benzene rings is 4. The number of carbonyl (C=O) groups is 2. The Morgan fingerprint density at radius 2 is 1.51 bits per heavy atom. The lowest BCUT2D eigenvalue weighted by Crippen LogP contribution is -2.53. The highest BCUT2D eigenvalue weighted by Crippen LogP contribution is 2.36. The maximum absolute atomic E-state index is 14.5. The van der Waals surface area contributed by atoms with Crippen molar-refractivity contribution in [1.82, 2.24) is 10.2 Å². The van der Waals surface area contributed by atoms with Gasteiger partial charge in [-0.15, -0.1) is 0 Å². The van der Waals surface area contributed by atoms with Crippen molar-refractivity contribution in [3.63, 3.8) is 0 Å². The van der Waals surface area contributed by atoms with E-state index in [4.69, 9.17) is 9.47 Å². The topological polar surface area (TPSA) is 105 Å². The number of carbonyl (C=O) groups excluding carboxylic acids is 2. The van der Waals surface area contributed by atoms with Gasteiger partial charge in [0.15, 0.2) is 0 Å². The van der Waals surface area contributed by atoms with Gasteiger partial charge in [-0.05, 0) is 54.4 Å². The SMILES string of the molecule is CCNC(=O)C(Cc1ccccc1)N(Cc1cccc(Br)c1)C(=O)CN(c1cc(OC)ccc1OC)S(=O)(=O)c1ccccc1. The molecule has 0 spiro atoms. The third-order valence-electron chi connectivity index (χ3n) is 7.13. The molecule has 236 valence electrons. The van der Waals surface area contributed by atoms with E-state index < -0.39 is 28.5 Å². The van der Waals surface area contributed by atoms with Crippen LogP contribution in [0.5, 0.6) is 11.5 Å². The summed E-state index contributed by atoms with van der Waals surface area (Å²) in [5, 5.41) is 2.86. The number of amides is 2. The molecule has 1 unspecified atom stereocenters. The predicted molar refractivity (Wildman–Crippen MR) is 178 cm³/mol. The Morgan fingerprint density at radius 3 is 2.13 bits per heavy atom. The first-order chi connectivity index (χ1) is 21.7. The summed E-state index contributed by atoms with van der Waals surface area (Å²) < 4.78 is 41.2. The van der Waals surface area contributed by atoms with Gasteiger partial charge < -0.3 is 19.7 Å². The van der Waals surface area contributed by atoms with Crippen molar-refractivity contribution in [2.45, 2.75) is 30.8 Å². The summed E-state index contributed by atoms with van der Waals surface area (Å²) in [4.78, 5) is 29.6. The van der Waals surface area contributed by atoms with Gasteiger partial charge in [-0.2, -0.15) is 0 Å². The minimum Gasteiger partial charge on any atom is -0.497 e. The third kappa shape index (κ3) is 8.43. The van der Waals surface area contributed by atoms with E-state index in [9.17, 15) is 18.0 Å². The Morgan fingerprint density at radius 1 is 0.844 bits per heavy atom. The lowest BCUT2D eigenvalue weighted by molar-refractivity contribution is -0.140. The largest absolute Gasteiger partial charge is 0.497 e. The van der Waals surface area contributed by atoms with E-state index in [1.165, 1.54) is 37.3 Å². The number of likely N-dealkylation sites (N-methyl/N-ethyl adjacent to an activating group) is 1. The standard InChI is InChI=1S/C34H36BrN3O6S/c1-4-36-34(40)31(21-25-12-7-5-8-13-25)37(23-26-14-11-15-27(35)20-26)33(39)24-38(45(41,42)29-16-9-6-10-17-29)30-22-28(43-2)18-19-32(30)44-3/h5-20,22,31H,4,21,23-24H2,1-3H3,(H,36,40). The molecule has 0 bridgehead atoms. The van der Waals surface area contributed by atoms with E-state index in [1.54, 1.807) is 37.3 Å². The molecule has 4 aromatic carbocycles. The number of sulfonamides is 1. The summed E-state index contributed by atoms with van der Waals surface area (Å²) in [5.74, 6) is -0.319. The Hall–Kier alpha value is -4.35. The molecule has 1 N–H and O–H groups in total. The number of nitrogens with zero attached hydrogens (tertiary/aromatic N) is 2. The van der Waals surface area contributed by atoms with Crippen LogP contribution in [0, 0.1) is 0 Å². The maximum atomic E-state index is 14.5. The predicted octanol–water partition coefficient (Wildman–Crippen LogP) is 5.44. The van der Waals surface area contributed by atoms with Gasteiger partial charge >= 0.3 is 0 Å². The van der Waals surface area contributed by atoms with Crippen LogP contribution in [0.4, 0.5) is 5.69 Å². The van der Waals surface area contributed by atoms with Crippen LogP contribution in [0.15, 0.2) is 112 Å². The van der Waals surface area contributed by atoms with Crippen LogP contribution in [-0.4, -0.2) is 58.5 Å². The average Bonchev–Trinajstić information content (AvgIpc) is 3.05. The normalized spacial score (nSPS) is 11.7. The molecular formula is C34H36BrN3O6S. The summed E-state index contributed by atoms with van der Waals surface area (Å²) in [6.07, 6.45) is 0.223. The number of halogens is 1. The molecule has 0 aliphatic heterocycles. The van der Waals surface area contributed by atoms with E-state index in [1.807, 2.05) is 54.6 Å². The van der Waals surface area contributed by atoms with E-state index in [-0.39, 0.29) is 35.2 Å². The molecule has 9 nitrogen and oxygen atoms in total. The van der Waals surface area contributed by atoms with Crippen molar-refractivity contribution in [2.75, 3.05) is 31.6 Å². The highest BCUT2D eigenvalue weighted by atomic mass is 79.9. The molecule has 0 fully saturated rings. The van der Waals surface area contributed by atoms with Gasteiger partial charge in [-0.25, -0.2) is 8.42 Å². The van der Waals surface area contributed by atoms with Crippen molar-refractivity contribution in [2.24, 2.45) is 0 Å². The van der Waals surface area contributed by atoms with Crippen LogP contribution >= 0.6 is 15.9 Å². The molecule has 0 aliphatic carbocycles. The molecule has 0 aliphatic rings. The van der Waals surface area contributed by atoms with Crippen LogP contribution < -0.4 is 19.1 Å². The van der Waals surface area contributed by atoms with Crippen LogP contribution in [0.3, 0.4) is 0 Å². The fourth-order valence-electron chi connectivity index (χ4n) is 4.90. The minimum absolute atomic E-state index is 0.00854. The molecule has 0 aromatic heterocycles. The number of anilines is 1. The molecule has 2 amide bonds. The van der Waals surface area contributed by atoms with E-state index in [2.05, 4.69) is 21.2 Å². The summed E-state index contributed by atoms with van der Waals surface area (Å²) in [5.41, 5.74) is 1.73. The summed E-state index contributed by atoms with van der Waals surface area (Å²) >= 11 is 3.49. The molecule has 45 heavy (non-hydrogen) atoms. The fourth-order valence-corrected chi connectivity index (χ4v) is 6.79. The van der Waals surface area contributed by atoms with Crippen molar-refractivity contribution < 1.29 is 27.5 Å². The first kappa shape index (κ1) is 33.5. The van der Waals surface area contributed by atoms with E-state index in [0.29, 0.717) is 12.3 Å². The summed E-state index contributed by atoms with van der Waals surface area (Å²) in [6, 6.07) is 28.5. The quantitative estimate of drug-likeness (QED) is 0.189. The second kappa shape index (κ2) is 15.6. The van der Waals surface area contributed by atoms with Crippen LogP contribution in [0.1, 0.15) is 18.1 Å². The zero-order valence-corrected chi connectivity index (χ0v) is 27.8. The number of methoxy groups -OCH3 is 2. The van der Waals surface area contributed by atoms with Crippen LogP contribution in [0.25, 0.3) is 0 Å². The molecule has 0 saturated carbocycles. The van der Waals surface area contributed by atoms with Crippen LogP contribution in [0.2, 0.25) is 0 Å². The van der Waals surface area contributed by atoms with Gasteiger partial charge in [-0.3, -0.25) is 13.9 Å². The Balaban J connectivity index is 1.85. The lowest BCUT2D eigenvalue weighted by Gasteiger charge is -2.34. The smallest absolute Gasteiger partial charge is 0.264 e. The fraction of sp³-hybridized carbons (Fsp3) is 0.235. The Bertz CT molecular complexity index is 1700. The van der Waals surface area contributed by atoms with Crippen molar-refractivity contribution in [1.29, 1.82) is 0 Å². The number of nitrogens with one attached hydrogen (secondary N) is 1. The van der Waals surface area contributed by atoms with Gasteiger partial charge in [-0.1, -0.05) is 76.6 Å². The van der Waals surface area contributed by atoms with Crippen molar-refractivity contribution in [3.05, 3.63) is 119 Å². The monoisotopic (exact) mass is 693 g/mol. The van der Waals surface area contributed by atoms with Gasteiger partial charge in [0, 0.05) is 30.0 Å². The first-order valence-electron chi connectivity index (χ1n) is 14.3. The second-order valence-electron chi connectivity index (χ2n) is 10.1. The second-order valence-corrected chi connectivity index (χ2v) is 12.9. The average molecular weight is 695 g/mol. The molecule has 0 saturated heterocycles. The third-order valence-corrected chi connectivity index (χ3v) is 9.40. The van der Waals surface area contributed by atoms with E-state index in [0.717, 1.165) is 19.9 Å². The molecule has 11 heteroatoms.